The minimum Gasteiger partial charge on any atom is -0.481 e. The Morgan fingerprint density at radius 1 is 1.44 bits per heavy atom. The molecule has 2 heterocycles. The van der Waals surface area contributed by atoms with E-state index in [1.807, 2.05) is 6.07 Å². The molecule has 0 saturated carbocycles. The van der Waals surface area contributed by atoms with Crippen LogP contribution in [0.3, 0.4) is 0 Å². The van der Waals surface area contributed by atoms with Crippen molar-refractivity contribution >= 4 is 11.9 Å². The zero-order valence-corrected chi connectivity index (χ0v) is 10.1. The fraction of sp³-hybridized carbons (Fsp3) is 0.462. The van der Waals surface area contributed by atoms with Gasteiger partial charge in [-0.25, -0.2) is 0 Å². The Kier molecular flexibility index (Phi) is 3.92. The number of carboxylic acids is 1. The van der Waals surface area contributed by atoms with Crippen LogP contribution in [0.1, 0.15) is 18.5 Å². The number of likely N-dealkylation sites (tertiary alicyclic amines) is 1. The molecule has 0 aromatic carbocycles. The molecular weight excluding hydrogens is 232 g/mol. The number of rotatable bonds is 3. The Bertz CT molecular complexity index is 433. The normalized spacial score (nSPS) is 19.6. The Labute approximate surface area is 105 Å². The van der Waals surface area contributed by atoms with Gasteiger partial charge in [0.1, 0.15) is 0 Å². The van der Waals surface area contributed by atoms with Crippen molar-refractivity contribution in [2.75, 3.05) is 13.1 Å². The first-order valence-electron chi connectivity index (χ1n) is 6.07. The number of carboxylic acid groups (broad SMARTS) is 1. The number of piperidine rings is 1. The smallest absolute Gasteiger partial charge is 0.308 e. The van der Waals surface area contributed by atoms with Crippen molar-refractivity contribution in [3.05, 3.63) is 30.1 Å². The summed E-state index contributed by atoms with van der Waals surface area (Å²) in [5.41, 5.74) is 0.722. The molecule has 1 amide bonds. The average molecular weight is 248 g/mol. The van der Waals surface area contributed by atoms with Crippen LogP contribution in [0.2, 0.25) is 0 Å². The van der Waals surface area contributed by atoms with Gasteiger partial charge in [0.2, 0.25) is 5.91 Å². The fourth-order valence-corrected chi connectivity index (χ4v) is 2.17. The second-order valence-electron chi connectivity index (χ2n) is 4.51. The average Bonchev–Trinajstić information content (AvgIpc) is 2.40. The van der Waals surface area contributed by atoms with Crippen molar-refractivity contribution in [2.24, 2.45) is 5.92 Å². The number of aromatic nitrogens is 1. The van der Waals surface area contributed by atoms with Crippen LogP contribution in [0.15, 0.2) is 24.4 Å². The minimum absolute atomic E-state index is 0.0420. The monoisotopic (exact) mass is 248 g/mol. The highest BCUT2D eigenvalue weighted by Crippen LogP contribution is 2.17. The van der Waals surface area contributed by atoms with Gasteiger partial charge in [0, 0.05) is 25.0 Å². The van der Waals surface area contributed by atoms with Gasteiger partial charge in [-0.2, -0.15) is 0 Å². The van der Waals surface area contributed by atoms with Gasteiger partial charge in [-0.15, -0.1) is 0 Å². The van der Waals surface area contributed by atoms with Crippen molar-refractivity contribution in [1.29, 1.82) is 0 Å². The van der Waals surface area contributed by atoms with Gasteiger partial charge >= 0.3 is 5.97 Å². The van der Waals surface area contributed by atoms with Gasteiger partial charge in [0.05, 0.1) is 12.3 Å². The lowest BCUT2D eigenvalue weighted by atomic mass is 9.98. The van der Waals surface area contributed by atoms with Crippen molar-refractivity contribution in [3.8, 4) is 0 Å². The molecule has 1 saturated heterocycles. The van der Waals surface area contributed by atoms with E-state index < -0.39 is 11.9 Å². The Balaban J connectivity index is 1.95. The molecule has 1 aromatic heterocycles. The van der Waals surface area contributed by atoms with E-state index in [0.29, 0.717) is 19.5 Å². The van der Waals surface area contributed by atoms with Crippen LogP contribution in [-0.4, -0.2) is 40.0 Å². The lowest BCUT2D eigenvalue weighted by Gasteiger charge is -2.30. The summed E-state index contributed by atoms with van der Waals surface area (Å²) >= 11 is 0. The molecule has 0 spiro atoms. The maximum absolute atomic E-state index is 12.0. The molecule has 1 aliphatic rings. The van der Waals surface area contributed by atoms with Crippen molar-refractivity contribution in [3.63, 3.8) is 0 Å². The van der Waals surface area contributed by atoms with Crippen molar-refractivity contribution in [1.82, 2.24) is 9.88 Å². The second kappa shape index (κ2) is 5.62. The van der Waals surface area contributed by atoms with Crippen LogP contribution in [-0.2, 0) is 16.0 Å². The van der Waals surface area contributed by atoms with E-state index in [4.69, 9.17) is 5.11 Å². The topological polar surface area (TPSA) is 70.5 Å². The molecule has 18 heavy (non-hydrogen) atoms. The molecule has 0 unspecified atom stereocenters. The summed E-state index contributed by atoms with van der Waals surface area (Å²) in [5, 5.41) is 8.98. The zero-order valence-electron chi connectivity index (χ0n) is 10.1. The highest BCUT2D eigenvalue weighted by molar-refractivity contribution is 5.79. The number of hydrogen-bond acceptors (Lipinski definition) is 3. The molecule has 1 fully saturated rings. The summed E-state index contributed by atoms with van der Waals surface area (Å²) in [6.07, 6.45) is 3.31. The Hall–Kier alpha value is -1.91. The quantitative estimate of drug-likeness (QED) is 0.864. The summed E-state index contributed by atoms with van der Waals surface area (Å²) in [5.74, 6) is -1.28. The molecular formula is C13H16N2O3. The maximum Gasteiger partial charge on any atom is 0.308 e. The zero-order chi connectivity index (χ0) is 13.0. The van der Waals surface area contributed by atoms with Crippen LogP contribution in [0.4, 0.5) is 0 Å². The molecule has 5 heteroatoms. The van der Waals surface area contributed by atoms with Gasteiger partial charge in [0.15, 0.2) is 0 Å². The second-order valence-corrected chi connectivity index (χ2v) is 4.51. The van der Waals surface area contributed by atoms with E-state index in [1.54, 1.807) is 23.2 Å². The lowest BCUT2D eigenvalue weighted by Crippen LogP contribution is -2.43. The van der Waals surface area contributed by atoms with Crippen molar-refractivity contribution < 1.29 is 14.7 Å². The number of carbonyl (C=O) groups excluding carboxylic acids is 1. The molecule has 1 aliphatic heterocycles. The molecule has 0 aliphatic carbocycles. The lowest BCUT2D eigenvalue weighted by molar-refractivity contribution is -0.145. The molecule has 0 bridgehead atoms. The largest absolute Gasteiger partial charge is 0.481 e. The molecule has 0 radical (unpaired) electrons. The number of carbonyl (C=O) groups is 2. The van der Waals surface area contributed by atoms with E-state index in [2.05, 4.69) is 4.98 Å². The highest BCUT2D eigenvalue weighted by atomic mass is 16.4. The Morgan fingerprint density at radius 2 is 2.28 bits per heavy atom. The summed E-state index contributed by atoms with van der Waals surface area (Å²) in [4.78, 5) is 28.7. The standard InChI is InChI=1S/C13H16N2O3/c16-12(8-11-5-1-2-6-14-11)15-7-3-4-10(9-15)13(17)18/h1-2,5-6,10H,3-4,7-9H2,(H,17,18)/t10-/m1/s1. The van der Waals surface area contributed by atoms with Gasteiger partial charge in [-0.1, -0.05) is 6.07 Å². The van der Waals surface area contributed by atoms with Crippen LogP contribution in [0.25, 0.3) is 0 Å². The predicted octanol–water partition coefficient (Wildman–Crippen LogP) is 0.947. The molecule has 1 aromatic rings. The number of nitrogens with zero attached hydrogens (tertiary/aromatic N) is 2. The number of aliphatic carboxylic acids is 1. The molecule has 5 nitrogen and oxygen atoms in total. The third kappa shape index (κ3) is 3.06. The first-order valence-corrected chi connectivity index (χ1v) is 6.07. The summed E-state index contributed by atoms with van der Waals surface area (Å²) < 4.78 is 0. The van der Waals surface area contributed by atoms with Crippen LogP contribution >= 0.6 is 0 Å². The van der Waals surface area contributed by atoms with E-state index in [1.165, 1.54) is 0 Å². The molecule has 2 rings (SSSR count). The van der Waals surface area contributed by atoms with Gasteiger partial charge in [-0.05, 0) is 25.0 Å². The van der Waals surface area contributed by atoms with E-state index in [9.17, 15) is 9.59 Å². The SMILES string of the molecule is O=C(O)[C@@H]1CCCN(C(=O)Cc2ccccn2)C1. The predicted molar refractivity (Wildman–Crippen MR) is 64.9 cm³/mol. The van der Waals surface area contributed by atoms with Gasteiger partial charge in [0.25, 0.3) is 0 Å². The minimum atomic E-state index is -0.815. The van der Waals surface area contributed by atoms with Gasteiger partial charge < -0.3 is 10.0 Å². The van der Waals surface area contributed by atoms with Crippen LogP contribution < -0.4 is 0 Å². The van der Waals surface area contributed by atoms with Crippen LogP contribution in [0.5, 0.6) is 0 Å². The van der Waals surface area contributed by atoms with Gasteiger partial charge in [-0.3, -0.25) is 14.6 Å². The number of amides is 1. The number of pyridine rings is 1. The third-order valence-electron chi connectivity index (χ3n) is 3.18. The summed E-state index contributed by atoms with van der Waals surface area (Å²) in [7, 11) is 0. The first-order chi connectivity index (χ1) is 8.66. The Morgan fingerprint density at radius 3 is 2.94 bits per heavy atom. The molecule has 1 N–H and O–H groups in total. The van der Waals surface area contributed by atoms with E-state index >= 15 is 0 Å². The fourth-order valence-electron chi connectivity index (χ4n) is 2.17. The van der Waals surface area contributed by atoms with E-state index in [-0.39, 0.29) is 12.3 Å². The molecule has 1 atom stereocenters. The summed E-state index contributed by atoms with van der Waals surface area (Å²) in [6, 6.07) is 5.44. The molecule has 96 valence electrons. The first kappa shape index (κ1) is 12.5. The third-order valence-corrected chi connectivity index (χ3v) is 3.18. The number of hydrogen-bond donors (Lipinski definition) is 1. The van der Waals surface area contributed by atoms with E-state index in [0.717, 1.165) is 12.1 Å². The summed E-state index contributed by atoms with van der Waals surface area (Å²) in [6.45, 7) is 0.969. The highest BCUT2D eigenvalue weighted by Gasteiger charge is 2.27. The van der Waals surface area contributed by atoms with Crippen molar-refractivity contribution in [2.45, 2.75) is 19.3 Å². The maximum atomic E-state index is 12.0. The van der Waals surface area contributed by atoms with Crippen LogP contribution in [0, 0.1) is 5.92 Å².